The molecule has 0 radical (unpaired) electrons. The molecule has 184 valence electrons. The van der Waals surface area contributed by atoms with Crippen LogP contribution in [0.1, 0.15) is 29.2 Å². The number of hydrogen-bond donors (Lipinski definition) is 1. The molecule has 0 heterocycles. The van der Waals surface area contributed by atoms with E-state index in [0.717, 1.165) is 16.7 Å². The first-order valence-electron chi connectivity index (χ1n) is 11.5. The molecule has 0 spiro atoms. The highest BCUT2D eigenvalue weighted by molar-refractivity contribution is 6.36. The molecular formula is C28H30Cl2N2O3. The molecular weight excluding hydrogens is 483 g/mol. The van der Waals surface area contributed by atoms with Gasteiger partial charge in [0, 0.05) is 35.1 Å². The number of halogens is 2. The monoisotopic (exact) mass is 512 g/mol. The van der Waals surface area contributed by atoms with Crippen LogP contribution >= 0.6 is 23.2 Å². The van der Waals surface area contributed by atoms with Gasteiger partial charge in [-0.1, -0.05) is 77.3 Å². The minimum atomic E-state index is -0.778. The van der Waals surface area contributed by atoms with Crippen LogP contribution < -0.4 is 10.1 Å². The van der Waals surface area contributed by atoms with Gasteiger partial charge >= 0.3 is 0 Å². The fraction of sp³-hybridized carbons (Fsp3) is 0.286. The predicted octanol–water partition coefficient (Wildman–Crippen LogP) is 5.77. The molecule has 0 aliphatic carbocycles. The lowest BCUT2D eigenvalue weighted by molar-refractivity contribution is -0.142. The highest BCUT2D eigenvalue weighted by Crippen LogP contribution is 2.27. The van der Waals surface area contributed by atoms with E-state index in [-0.39, 0.29) is 25.0 Å². The highest BCUT2D eigenvalue weighted by Gasteiger charge is 2.31. The molecule has 7 heteroatoms. The summed E-state index contributed by atoms with van der Waals surface area (Å²) in [6.07, 6.45) is 0.337. The number of hydrogen-bond acceptors (Lipinski definition) is 3. The van der Waals surface area contributed by atoms with Crippen molar-refractivity contribution in [1.29, 1.82) is 0 Å². The summed E-state index contributed by atoms with van der Waals surface area (Å²) < 4.78 is 5.88. The van der Waals surface area contributed by atoms with Crippen molar-refractivity contribution >= 4 is 35.0 Å². The summed E-state index contributed by atoms with van der Waals surface area (Å²) in [4.78, 5) is 28.3. The maximum absolute atomic E-state index is 13.6. The van der Waals surface area contributed by atoms with E-state index in [1.807, 2.05) is 69.3 Å². The van der Waals surface area contributed by atoms with E-state index in [9.17, 15) is 9.59 Å². The summed E-state index contributed by atoms with van der Waals surface area (Å²) in [6.45, 7) is 6.06. The number of ether oxygens (including phenoxy) is 1. The average molecular weight is 513 g/mol. The second-order valence-corrected chi connectivity index (χ2v) is 9.19. The van der Waals surface area contributed by atoms with Crippen LogP contribution in [0.4, 0.5) is 0 Å². The molecule has 1 atom stereocenters. The number of carbonyl (C=O) groups is 2. The van der Waals surface area contributed by atoms with Gasteiger partial charge in [-0.2, -0.15) is 0 Å². The first-order chi connectivity index (χ1) is 16.8. The minimum absolute atomic E-state index is 0.0716. The van der Waals surface area contributed by atoms with Crippen molar-refractivity contribution in [2.45, 2.75) is 39.8 Å². The number of benzene rings is 3. The van der Waals surface area contributed by atoms with Gasteiger partial charge in [-0.15, -0.1) is 0 Å². The summed E-state index contributed by atoms with van der Waals surface area (Å²) in [5.74, 6) is 0.0323. The zero-order valence-corrected chi connectivity index (χ0v) is 21.7. The summed E-state index contributed by atoms with van der Waals surface area (Å²) in [5, 5.41) is 3.73. The molecule has 2 amide bonds. The van der Waals surface area contributed by atoms with Crippen molar-refractivity contribution in [2.75, 3.05) is 13.2 Å². The summed E-state index contributed by atoms with van der Waals surface area (Å²) in [7, 11) is 0. The Hall–Kier alpha value is -3.02. The zero-order chi connectivity index (χ0) is 25.4. The van der Waals surface area contributed by atoms with Crippen LogP contribution in [0, 0.1) is 13.8 Å². The fourth-order valence-electron chi connectivity index (χ4n) is 3.88. The lowest BCUT2D eigenvalue weighted by Crippen LogP contribution is -2.51. The Bertz CT molecular complexity index is 1150. The third-order valence-electron chi connectivity index (χ3n) is 5.69. The van der Waals surface area contributed by atoms with Crippen molar-refractivity contribution in [3.05, 3.63) is 99.0 Å². The van der Waals surface area contributed by atoms with Gasteiger partial charge in [0.2, 0.25) is 5.91 Å². The molecule has 0 aromatic heterocycles. The van der Waals surface area contributed by atoms with E-state index in [4.69, 9.17) is 27.9 Å². The summed E-state index contributed by atoms with van der Waals surface area (Å²) in [5.41, 5.74) is 3.55. The van der Waals surface area contributed by atoms with Crippen LogP contribution in [-0.4, -0.2) is 35.9 Å². The van der Waals surface area contributed by atoms with E-state index in [2.05, 4.69) is 5.32 Å². The second kappa shape index (κ2) is 12.6. The van der Waals surface area contributed by atoms with Gasteiger partial charge in [0.05, 0.1) is 0 Å². The largest absolute Gasteiger partial charge is 0.483 e. The van der Waals surface area contributed by atoms with Crippen LogP contribution in [0.2, 0.25) is 10.0 Å². The van der Waals surface area contributed by atoms with Crippen molar-refractivity contribution < 1.29 is 14.3 Å². The lowest BCUT2D eigenvalue weighted by Gasteiger charge is -2.32. The van der Waals surface area contributed by atoms with Crippen molar-refractivity contribution in [3.63, 3.8) is 0 Å². The van der Waals surface area contributed by atoms with E-state index < -0.39 is 6.04 Å². The Morgan fingerprint density at radius 3 is 2.29 bits per heavy atom. The lowest BCUT2D eigenvalue weighted by atomic mass is 10.0. The maximum Gasteiger partial charge on any atom is 0.261 e. The van der Waals surface area contributed by atoms with Crippen LogP contribution in [-0.2, 0) is 22.6 Å². The van der Waals surface area contributed by atoms with Gasteiger partial charge in [-0.3, -0.25) is 9.59 Å². The van der Waals surface area contributed by atoms with Gasteiger partial charge in [0.1, 0.15) is 11.8 Å². The predicted molar refractivity (Wildman–Crippen MR) is 141 cm³/mol. The van der Waals surface area contributed by atoms with Gasteiger partial charge in [-0.25, -0.2) is 0 Å². The van der Waals surface area contributed by atoms with Crippen LogP contribution in [0.25, 0.3) is 0 Å². The summed E-state index contributed by atoms with van der Waals surface area (Å²) in [6, 6.07) is 19.8. The molecule has 3 aromatic rings. The number of likely N-dealkylation sites (N-methyl/N-ethyl adjacent to an activating group) is 1. The second-order valence-electron chi connectivity index (χ2n) is 8.38. The smallest absolute Gasteiger partial charge is 0.261 e. The molecule has 0 aliphatic heterocycles. The van der Waals surface area contributed by atoms with Crippen molar-refractivity contribution in [1.82, 2.24) is 10.2 Å². The Morgan fingerprint density at radius 2 is 1.66 bits per heavy atom. The Labute approximate surface area is 217 Å². The quantitative estimate of drug-likeness (QED) is 0.375. The molecule has 0 bridgehead atoms. The molecule has 1 N–H and O–H groups in total. The Kier molecular flexibility index (Phi) is 9.58. The Morgan fingerprint density at radius 1 is 0.971 bits per heavy atom. The minimum Gasteiger partial charge on any atom is -0.483 e. The maximum atomic E-state index is 13.6. The molecule has 0 saturated heterocycles. The number of aryl methyl sites for hydroxylation is 2. The molecule has 0 saturated carbocycles. The van der Waals surface area contributed by atoms with Crippen LogP contribution in [0.15, 0.2) is 66.7 Å². The molecule has 1 unspecified atom stereocenters. The average Bonchev–Trinajstić information content (AvgIpc) is 2.83. The number of nitrogens with one attached hydrogen (secondary N) is 1. The normalized spacial score (nSPS) is 11.6. The SMILES string of the molecule is CCNC(=O)C(Cc1ccccc1)N(Cc1c(Cl)cccc1Cl)C(=O)COc1ccc(C)cc1C. The van der Waals surface area contributed by atoms with E-state index >= 15 is 0 Å². The van der Waals surface area contributed by atoms with Crippen molar-refractivity contribution in [2.24, 2.45) is 0 Å². The standard InChI is InChI=1S/C28H30Cl2N2O3/c1-4-31-28(34)25(16-21-9-6-5-7-10-21)32(17-22-23(29)11-8-12-24(22)30)27(33)18-35-26-14-13-19(2)15-20(26)3/h5-15,25H,4,16-18H2,1-3H3,(H,31,34). The van der Waals surface area contributed by atoms with Gasteiger partial charge in [-0.05, 0) is 50.1 Å². The first kappa shape index (κ1) is 26.6. The highest BCUT2D eigenvalue weighted by atomic mass is 35.5. The first-order valence-corrected chi connectivity index (χ1v) is 12.3. The number of rotatable bonds is 10. The molecule has 3 rings (SSSR count). The van der Waals surface area contributed by atoms with Crippen LogP contribution in [0.3, 0.4) is 0 Å². The molecule has 0 aliphatic rings. The van der Waals surface area contributed by atoms with Crippen LogP contribution in [0.5, 0.6) is 5.75 Å². The van der Waals surface area contributed by atoms with Crippen molar-refractivity contribution in [3.8, 4) is 5.75 Å². The van der Waals surface area contributed by atoms with Gasteiger partial charge < -0.3 is 15.0 Å². The van der Waals surface area contributed by atoms with Gasteiger partial charge in [0.15, 0.2) is 6.61 Å². The fourth-order valence-corrected chi connectivity index (χ4v) is 4.40. The number of nitrogens with zero attached hydrogens (tertiary/aromatic N) is 1. The number of carbonyl (C=O) groups excluding carboxylic acids is 2. The van der Waals surface area contributed by atoms with E-state index in [0.29, 0.717) is 34.3 Å². The topological polar surface area (TPSA) is 58.6 Å². The summed E-state index contributed by atoms with van der Waals surface area (Å²) >= 11 is 12.9. The molecule has 5 nitrogen and oxygen atoms in total. The van der Waals surface area contributed by atoms with Gasteiger partial charge in [0.25, 0.3) is 5.91 Å². The molecule has 35 heavy (non-hydrogen) atoms. The zero-order valence-electron chi connectivity index (χ0n) is 20.2. The third kappa shape index (κ3) is 7.23. The molecule has 3 aromatic carbocycles. The van der Waals surface area contributed by atoms with E-state index in [1.165, 1.54) is 4.90 Å². The number of amides is 2. The Balaban J connectivity index is 1.95. The molecule has 0 fully saturated rings. The third-order valence-corrected chi connectivity index (χ3v) is 6.40. The van der Waals surface area contributed by atoms with E-state index in [1.54, 1.807) is 18.2 Å².